The van der Waals surface area contributed by atoms with Crippen molar-refractivity contribution in [1.82, 2.24) is 5.32 Å². The third-order valence-corrected chi connectivity index (χ3v) is 4.09. The summed E-state index contributed by atoms with van der Waals surface area (Å²) in [5, 5.41) is 14.6. The minimum absolute atomic E-state index is 0.0703. The van der Waals surface area contributed by atoms with Crippen molar-refractivity contribution in [2.45, 2.75) is 11.7 Å². The van der Waals surface area contributed by atoms with Crippen LogP contribution in [-0.2, 0) is 5.54 Å². The monoisotopic (exact) mass is 382 g/mol. The molecule has 0 spiro atoms. The van der Waals surface area contributed by atoms with E-state index in [1.165, 1.54) is 30.3 Å². The van der Waals surface area contributed by atoms with Crippen LogP contribution in [0.25, 0.3) is 0 Å². The summed E-state index contributed by atoms with van der Waals surface area (Å²) in [6.45, 7) is 0. The van der Waals surface area contributed by atoms with Crippen LogP contribution in [0.5, 0.6) is 5.75 Å². The number of fused-ring (bicyclic) bond motifs is 1. The zero-order valence-corrected chi connectivity index (χ0v) is 14.0. The maximum atomic E-state index is 14.0. The first-order valence-electron chi connectivity index (χ1n) is 7.00. The van der Waals surface area contributed by atoms with Crippen molar-refractivity contribution in [3.8, 4) is 17.6 Å². The quantitative estimate of drug-likeness (QED) is 0.473. The molecular weight excluding hydrogens is 373 g/mol. The van der Waals surface area contributed by atoms with E-state index in [0.29, 0.717) is 0 Å². The molecule has 1 heterocycles. The third-order valence-electron chi connectivity index (χ3n) is 3.65. The van der Waals surface area contributed by atoms with Gasteiger partial charge in [-0.2, -0.15) is 13.2 Å². The van der Waals surface area contributed by atoms with Crippen LogP contribution in [0.2, 0.25) is 5.02 Å². The average Bonchev–Trinajstić information content (AvgIpc) is 2.53. The van der Waals surface area contributed by atoms with Gasteiger partial charge in [0.05, 0.1) is 5.56 Å². The van der Waals surface area contributed by atoms with Gasteiger partial charge < -0.3 is 15.7 Å². The first-order chi connectivity index (χ1) is 11.7. The van der Waals surface area contributed by atoms with Crippen molar-refractivity contribution in [3.05, 3.63) is 58.6 Å². The van der Waals surface area contributed by atoms with E-state index in [-0.39, 0.29) is 32.7 Å². The summed E-state index contributed by atoms with van der Waals surface area (Å²) in [6.07, 6.45) is -4.80. The molecule has 0 aromatic heterocycles. The summed E-state index contributed by atoms with van der Waals surface area (Å²) in [5.74, 6) is 4.40. The molecule has 0 saturated heterocycles. The standard InChI is InChI=1S/C17H10ClF3N2OS/c18-11-5-6-13-12(9-11)16(17(19,20)21,23-15(25)22-13)8-7-10-3-1-2-4-14(10)24/h1-6,9,24H,(H2,22,23,25). The van der Waals surface area contributed by atoms with E-state index < -0.39 is 11.7 Å². The molecule has 128 valence electrons. The number of aromatic hydroxyl groups is 1. The van der Waals surface area contributed by atoms with Gasteiger partial charge in [-0.05, 0) is 42.5 Å². The van der Waals surface area contributed by atoms with Crippen molar-refractivity contribution >= 4 is 34.6 Å². The summed E-state index contributed by atoms with van der Waals surface area (Å²) >= 11 is 10.8. The van der Waals surface area contributed by atoms with Gasteiger partial charge in [-0.1, -0.05) is 35.6 Å². The Labute approximate surface area is 151 Å². The maximum Gasteiger partial charge on any atom is 0.427 e. The van der Waals surface area contributed by atoms with Crippen molar-refractivity contribution in [2.24, 2.45) is 0 Å². The number of para-hydroxylation sites is 1. The summed E-state index contributed by atoms with van der Waals surface area (Å²) < 4.78 is 42.1. The van der Waals surface area contributed by atoms with Crippen LogP contribution in [0.15, 0.2) is 42.5 Å². The number of thiocarbonyl (C=S) groups is 1. The molecule has 0 fully saturated rings. The number of halogens is 4. The largest absolute Gasteiger partial charge is 0.507 e. The SMILES string of the molecule is Oc1ccccc1C#CC1(C(F)(F)F)NC(=S)Nc2ccc(Cl)cc21. The molecule has 0 radical (unpaired) electrons. The van der Waals surface area contributed by atoms with Crippen LogP contribution in [0.4, 0.5) is 18.9 Å². The highest BCUT2D eigenvalue weighted by Crippen LogP contribution is 2.44. The minimum atomic E-state index is -4.80. The average molecular weight is 383 g/mol. The highest BCUT2D eigenvalue weighted by Gasteiger charge is 2.58. The fourth-order valence-electron chi connectivity index (χ4n) is 2.46. The van der Waals surface area contributed by atoms with Gasteiger partial charge in [0.25, 0.3) is 0 Å². The number of anilines is 1. The predicted molar refractivity (Wildman–Crippen MR) is 93.5 cm³/mol. The predicted octanol–water partition coefficient (Wildman–Crippen LogP) is 4.15. The van der Waals surface area contributed by atoms with Crippen molar-refractivity contribution < 1.29 is 18.3 Å². The number of hydrogen-bond donors (Lipinski definition) is 3. The zero-order valence-electron chi connectivity index (χ0n) is 12.4. The lowest BCUT2D eigenvalue weighted by molar-refractivity contribution is -0.177. The number of phenols is 1. The fraction of sp³-hybridized carbons (Fsp3) is 0.118. The lowest BCUT2D eigenvalue weighted by Crippen LogP contribution is -2.59. The van der Waals surface area contributed by atoms with Crippen LogP contribution >= 0.6 is 23.8 Å². The summed E-state index contributed by atoms with van der Waals surface area (Å²) in [4.78, 5) is 0. The molecule has 8 heteroatoms. The zero-order chi connectivity index (χ0) is 18.2. The van der Waals surface area contributed by atoms with Gasteiger partial charge in [0, 0.05) is 16.3 Å². The number of nitrogens with one attached hydrogen (secondary N) is 2. The molecule has 2 aromatic rings. The van der Waals surface area contributed by atoms with Crippen molar-refractivity contribution in [3.63, 3.8) is 0 Å². The van der Waals surface area contributed by atoms with E-state index in [9.17, 15) is 18.3 Å². The van der Waals surface area contributed by atoms with E-state index in [1.54, 1.807) is 12.1 Å². The highest BCUT2D eigenvalue weighted by atomic mass is 35.5. The van der Waals surface area contributed by atoms with Crippen molar-refractivity contribution in [1.29, 1.82) is 0 Å². The van der Waals surface area contributed by atoms with Gasteiger partial charge in [-0.3, -0.25) is 0 Å². The highest BCUT2D eigenvalue weighted by molar-refractivity contribution is 7.80. The third kappa shape index (κ3) is 3.11. The van der Waals surface area contributed by atoms with Gasteiger partial charge in [0.2, 0.25) is 5.54 Å². The topological polar surface area (TPSA) is 44.3 Å². The molecule has 1 atom stereocenters. The number of benzene rings is 2. The Morgan fingerprint density at radius 1 is 1.16 bits per heavy atom. The molecule has 3 rings (SSSR count). The molecular formula is C17H10ClF3N2OS. The Morgan fingerprint density at radius 3 is 2.56 bits per heavy atom. The lowest BCUT2D eigenvalue weighted by Gasteiger charge is -2.38. The second kappa shape index (κ2) is 6.14. The van der Waals surface area contributed by atoms with Crippen LogP contribution in [0, 0.1) is 11.8 Å². The molecule has 3 nitrogen and oxygen atoms in total. The molecule has 0 bridgehead atoms. The second-order valence-corrected chi connectivity index (χ2v) is 6.13. The first-order valence-corrected chi connectivity index (χ1v) is 7.79. The molecule has 0 amide bonds. The maximum absolute atomic E-state index is 14.0. The van der Waals surface area contributed by atoms with E-state index >= 15 is 0 Å². The van der Waals surface area contributed by atoms with Gasteiger partial charge in [0.15, 0.2) is 5.11 Å². The smallest absolute Gasteiger partial charge is 0.427 e. The van der Waals surface area contributed by atoms with Crippen LogP contribution in [-0.4, -0.2) is 16.4 Å². The van der Waals surface area contributed by atoms with Gasteiger partial charge in [-0.25, -0.2) is 0 Å². The van der Waals surface area contributed by atoms with Gasteiger partial charge in [-0.15, -0.1) is 0 Å². The molecule has 3 N–H and O–H groups in total. The molecule has 1 unspecified atom stereocenters. The lowest BCUT2D eigenvalue weighted by atomic mass is 9.86. The summed E-state index contributed by atoms with van der Waals surface area (Å²) in [5.41, 5.74) is -2.71. The number of hydrogen-bond acceptors (Lipinski definition) is 2. The van der Waals surface area contributed by atoms with Gasteiger partial charge >= 0.3 is 6.18 Å². The van der Waals surface area contributed by atoms with Crippen LogP contribution in [0.1, 0.15) is 11.1 Å². The van der Waals surface area contributed by atoms with E-state index in [4.69, 9.17) is 23.8 Å². The van der Waals surface area contributed by atoms with Crippen LogP contribution < -0.4 is 10.6 Å². The Bertz CT molecular complexity index is 920. The van der Waals surface area contributed by atoms with Gasteiger partial charge in [0.1, 0.15) is 5.75 Å². The molecule has 25 heavy (non-hydrogen) atoms. The van der Waals surface area contributed by atoms with E-state index in [0.717, 1.165) is 0 Å². The Hall–Kier alpha value is -2.43. The second-order valence-electron chi connectivity index (χ2n) is 5.28. The normalized spacial score (nSPS) is 19.1. The number of phenolic OH excluding ortho intramolecular Hbond substituents is 1. The Kier molecular flexibility index (Phi) is 4.27. The summed E-state index contributed by atoms with van der Waals surface area (Å²) in [6, 6.07) is 9.93. The molecule has 2 aromatic carbocycles. The number of alkyl halides is 3. The fourth-order valence-corrected chi connectivity index (χ4v) is 2.90. The minimum Gasteiger partial charge on any atom is -0.507 e. The molecule has 1 aliphatic rings. The molecule has 0 saturated carbocycles. The Morgan fingerprint density at radius 2 is 1.88 bits per heavy atom. The summed E-state index contributed by atoms with van der Waals surface area (Å²) in [7, 11) is 0. The molecule has 0 aliphatic carbocycles. The van der Waals surface area contributed by atoms with Crippen LogP contribution in [0.3, 0.4) is 0 Å². The molecule has 1 aliphatic heterocycles. The number of rotatable bonds is 0. The Balaban J connectivity index is 2.25. The first kappa shape index (κ1) is 17.4. The van der Waals surface area contributed by atoms with E-state index in [2.05, 4.69) is 22.5 Å². The van der Waals surface area contributed by atoms with E-state index in [1.807, 2.05) is 0 Å². The van der Waals surface area contributed by atoms with Crippen molar-refractivity contribution in [2.75, 3.05) is 5.32 Å².